The van der Waals surface area contributed by atoms with Crippen molar-refractivity contribution in [3.05, 3.63) is 35.4 Å². The molecule has 94 valence electrons. The van der Waals surface area contributed by atoms with E-state index in [0.717, 1.165) is 25.1 Å². The smallest absolute Gasteiger partial charge is 0.0822 e. The highest BCUT2D eigenvalue weighted by atomic mass is 16.5. The lowest BCUT2D eigenvalue weighted by Crippen LogP contribution is -2.52. The van der Waals surface area contributed by atoms with Gasteiger partial charge in [-0.25, -0.2) is 0 Å². The van der Waals surface area contributed by atoms with Crippen molar-refractivity contribution < 1.29 is 9.84 Å². The molecule has 0 radical (unpaired) electrons. The molecule has 1 fully saturated rings. The standard InChI is InChI=1S/C14H21NO2/c1-11-8-15-10-14(2,17-11)7-12-3-5-13(9-16)6-4-12/h3-6,11,15-16H,7-10H2,1-2H3. The van der Waals surface area contributed by atoms with Crippen LogP contribution in [-0.2, 0) is 17.8 Å². The zero-order valence-corrected chi connectivity index (χ0v) is 10.6. The highest BCUT2D eigenvalue weighted by molar-refractivity contribution is 5.23. The molecule has 17 heavy (non-hydrogen) atoms. The van der Waals surface area contributed by atoms with E-state index in [-0.39, 0.29) is 18.3 Å². The largest absolute Gasteiger partial charge is 0.392 e. The first kappa shape index (κ1) is 12.6. The van der Waals surface area contributed by atoms with Gasteiger partial charge in [-0.15, -0.1) is 0 Å². The monoisotopic (exact) mass is 235 g/mol. The van der Waals surface area contributed by atoms with E-state index in [9.17, 15) is 0 Å². The van der Waals surface area contributed by atoms with Gasteiger partial charge in [0.1, 0.15) is 0 Å². The van der Waals surface area contributed by atoms with Crippen LogP contribution in [0.2, 0.25) is 0 Å². The summed E-state index contributed by atoms with van der Waals surface area (Å²) < 4.78 is 6.02. The molecule has 0 bridgehead atoms. The van der Waals surface area contributed by atoms with Crippen LogP contribution >= 0.6 is 0 Å². The molecular formula is C14H21NO2. The van der Waals surface area contributed by atoms with Crippen molar-refractivity contribution in [1.29, 1.82) is 0 Å². The minimum atomic E-state index is -0.127. The molecular weight excluding hydrogens is 214 g/mol. The van der Waals surface area contributed by atoms with Gasteiger partial charge in [0.25, 0.3) is 0 Å². The van der Waals surface area contributed by atoms with Crippen LogP contribution in [0.25, 0.3) is 0 Å². The van der Waals surface area contributed by atoms with Gasteiger partial charge >= 0.3 is 0 Å². The summed E-state index contributed by atoms with van der Waals surface area (Å²) in [6.45, 7) is 6.17. The molecule has 0 spiro atoms. The van der Waals surface area contributed by atoms with E-state index in [2.05, 4.69) is 31.3 Å². The van der Waals surface area contributed by atoms with Crippen LogP contribution in [0.1, 0.15) is 25.0 Å². The average Bonchev–Trinajstić information content (AvgIpc) is 2.29. The second-order valence-corrected chi connectivity index (χ2v) is 5.16. The molecule has 1 aliphatic heterocycles. The summed E-state index contributed by atoms with van der Waals surface area (Å²) in [7, 11) is 0. The Morgan fingerprint density at radius 2 is 2.00 bits per heavy atom. The number of aliphatic hydroxyl groups excluding tert-OH is 1. The number of rotatable bonds is 3. The lowest BCUT2D eigenvalue weighted by atomic mass is 9.94. The Hall–Kier alpha value is -0.900. The van der Waals surface area contributed by atoms with Crippen LogP contribution in [0.3, 0.4) is 0 Å². The Labute approximate surface area is 103 Å². The van der Waals surface area contributed by atoms with Crippen LogP contribution < -0.4 is 5.32 Å². The number of ether oxygens (including phenoxy) is 1. The molecule has 2 atom stereocenters. The van der Waals surface area contributed by atoms with Crippen molar-refractivity contribution in [1.82, 2.24) is 5.32 Å². The maximum Gasteiger partial charge on any atom is 0.0822 e. The first-order chi connectivity index (χ1) is 8.11. The molecule has 1 aliphatic rings. The number of morpholine rings is 1. The minimum absolute atomic E-state index is 0.104. The van der Waals surface area contributed by atoms with Crippen molar-refractivity contribution in [2.45, 2.75) is 38.6 Å². The predicted octanol–water partition coefficient (Wildman–Crippen LogP) is 1.49. The molecule has 0 aromatic heterocycles. The maximum absolute atomic E-state index is 9.00. The van der Waals surface area contributed by atoms with E-state index >= 15 is 0 Å². The third-order valence-electron chi connectivity index (χ3n) is 3.20. The second-order valence-electron chi connectivity index (χ2n) is 5.16. The summed E-state index contributed by atoms with van der Waals surface area (Å²) in [5.74, 6) is 0. The second kappa shape index (κ2) is 5.17. The Kier molecular flexibility index (Phi) is 3.82. The molecule has 2 unspecified atom stereocenters. The highest BCUT2D eigenvalue weighted by Crippen LogP contribution is 2.22. The molecule has 3 heteroatoms. The molecule has 2 rings (SSSR count). The zero-order chi connectivity index (χ0) is 12.3. The molecule has 1 saturated heterocycles. The molecule has 1 aromatic rings. The molecule has 0 amide bonds. The van der Waals surface area contributed by atoms with Crippen molar-refractivity contribution in [3.63, 3.8) is 0 Å². The van der Waals surface area contributed by atoms with E-state index in [0.29, 0.717) is 0 Å². The molecule has 1 aromatic carbocycles. The number of nitrogens with one attached hydrogen (secondary N) is 1. The topological polar surface area (TPSA) is 41.5 Å². The molecule has 0 saturated carbocycles. The first-order valence-corrected chi connectivity index (χ1v) is 6.18. The Bertz CT molecular complexity index is 363. The van der Waals surface area contributed by atoms with E-state index in [1.54, 1.807) is 0 Å². The van der Waals surface area contributed by atoms with Crippen LogP contribution in [-0.4, -0.2) is 29.9 Å². The number of hydrogen-bond donors (Lipinski definition) is 2. The summed E-state index contributed by atoms with van der Waals surface area (Å²) in [6.07, 6.45) is 1.17. The third kappa shape index (κ3) is 3.28. The molecule has 1 heterocycles. The van der Waals surface area contributed by atoms with Gasteiger partial charge < -0.3 is 15.2 Å². The highest BCUT2D eigenvalue weighted by Gasteiger charge is 2.31. The normalized spacial score (nSPS) is 29.2. The molecule has 0 aliphatic carbocycles. The average molecular weight is 235 g/mol. The van der Waals surface area contributed by atoms with Crippen LogP contribution in [0.15, 0.2) is 24.3 Å². The van der Waals surface area contributed by atoms with Crippen molar-refractivity contribution in [2.75, 3.05) is 13.1 Å². The number of benzene rings is 1. The van der Waals surface area contributed by atoms with Gasteiger partial charge in [-0.05, 0) is 25.0 Å². The number of aliphatic hydroxyl groups is 1. The summed E-state index contributed by atoms with van der Waals surface area (Å²) in [4.78, 5) is 0. The predicted molar refractivity (Wildman–Crippen MR) is 67.9 cm³/mol. The van der Waals surface area contributed by atoms with E-state index in [4.69, 9.17) is 9.84 Å². The fourth-order valence-electron chi connectivity index (χ4n) is 2.41. The van der Waals surface area contributed by atoms with Gasteiger partial charge in [-0.1, -0.05) is 24.3 Å². The van der Waals surface area contributed by atoms with Crippen LogP contribution in [0.5, 0.6) is 0 Å². The van der Waals surface area contributed by atoms with E-state index in [1.165, 1.54) is 5.56 Å². The molecule has 3 nitrogen and oxygen atoms in total. The van der Waals surface area contributed by atoms with Crippen LogP contribution in [0.4, 0.5) is 0 Å². The van der Waals surface area contributed by atoms with E-state index in [1.807, 2.05) is 12.1 Å². The van der Waals surface area contributed by atoms with E-state index < -0.39 is 0 Å². The fourth-order valence-corrected chi connectivity index (χ4v) is 2.41. The van der Waals surface area contributed by atoms with Gasteiger partial charge in [0.05, 0.1) is 18.3 Å². The summed E-state index contributed by atoms with van der Waals surface area (Å²) in [6, 6.07) is 8.08. The third-order valence-corrected chi connectivity index (χ3v) is 3.20. The lowest BCUT2D eigenvalue weighted by molar-refractivity contribution is -0.0965. The zero-order valence-electron chi connectivity index (χ0n) is 10.6. The van der Waals surface area contributed by atoms with Crippen molar-refractivity contribution >= 4 is 0 Å². The summed E-state index contributed by atoms with van der Waals surface area (Å²) >= 11 is 0. The minimum Gasteiger partial charge on any atom is -0.392 e. The van der Waals surface area contributed by atoms with Crippen LogP contribution in [0, 0.1) is 0 Å². The summed E-state index contributed by atoms with van der Waals surface area (Å²) in [5, 5.41) is 12.4. The Balaban J connectivity index is 2.03. The SMILES string of the molecule is CC1CNCC(C)(Cc2ccc(CO)cc2)O1. The van der Waals surface area contributed by atoms with Gasteiger partial charge in [0.15, 0.2) is 0 Å². The Morgan fingerprint density at radius 3 is 2.59 bits per heavy atom. The van der Waals surface area contributed by atoms with Gasteiger partial charge in [0.2, 0.25) is 0 Å². The van der Waals surface area contributed by atoms with Gasteiger partial charge in [-0.3, -0.25) is 0 Å². The lowest BCUT2D eigenvalue weighted by Gasteiger charge is -2.38. The fraction of sp³-hybridized carbons (Fsp3) is 0.571. The van der Waals surface area contributed by atoms with Gasteiger partial charge in [0, 0.05) is 19.5 Å². The quantitative estimate of drug-likeness (QED) is 0.834. The Morgan fingerprint density at radius 1 is 1.35 bits per heavy atom. The summed E-state index contributed by atoms with van der Waals surface area (Å²) in [5.41, 5.74) is 2.08. The first-order valence-electron chi connectivity index (χ1n) is 6.18. The van der Waals surface area contributed by atoms with Gasteiger partial charge in [-0.2, -0.15) is 0 Å². The maximum atomic E-state index is 9.00. The number of hydrogen-bond acceptors (Lipinski definition) is 3. The van der Waals surface area contributed by atoms with Crippen molar-refractivity contribution in [3.8, 4) is 0 Å². The molecule has 2 N–H and O–H groups in total. The van der Waals surface area contributed by atoms with Crippen molar-refractivity contribution in [2.24, 2.45) is 0 Å².